The van der Waals surface area contributed by atoms with E-state index in [4.69, 9.17) is 16.3 Å². The Morgan fingerprint density at radius 3 is 3.04 bits per heavy atom. The van der Waals surface area contributed by atoms with Crippen LogP contribution in [-0.4, -0.2) is 44.1 Å². The first-order valence-electron chi connectivity index (χ1n) is 8.52. The molecule has 0 saturated carbocycles. The Bertz CT molecular complexity index is 1000. The molecule has 0 aliphatic rings. The number of amides is 1. The maximum absolute atomic E-state index is 12.4. The van der Waals surface area contributed by atoms with Gasteiger partial charge in [-0.2, -0.15) is 0 Å². The molecule has 2 heterocycles. The van der Waals surface area contributed by atoms with Gasteiger partial charge in [-0.25, -0.2) is 9.67 Å². The van der Waals surface area contributed by atoms with E-state index in [0.717, 1.165) is 5.56 Å². The van der Waals surface area contributed by atoms with Crippen molar-refractivity contribution < 1.29 is 9.53 Å². The molecule has 27 heavy (non-hydrogen) atoms. The van der Waals surface area contributed by atoms with Crippen molar-refractivity contribution in [3.63, 3.8) is 0 Å². The van der Waals surface area contributed by atoms with Crippen LogP contribution in [0.4, 0.5) is 0 Å². The van der Waals surface area contributed by atoms with Gasteiger partial charge in [-0.3, -0.25) is 9.59 Å². The number of hydrogen-bond donors (Lipinski definition) is 2. The maximum Gasteiger partial charge on any atom is 0.287 e. The number of fused-ring (bicyclic) bond motifs is 1. The Balaban J connectivity index is 1.75. The second kappa shape index (κ2) is 8.74. The minimum absolute atomic E-state index is 0.0945. The number of H-pyrrole nitrogens is 1. The monoisotopic (exact) mass is 390 g/mol. The molecule has 1 aromatic carbocycles. The highest BCUT2D eigenvalue weighted by molar-refractivity contribution is 6.30. The van der Waals surface area contributed by atoms with Gasteiger partial charge in [0.25, 0.3) is 11.5 Å². The molecule has 2 aromatic heterocycles. The van der Waals surface area contributed by atoms with E-state index in [-0.39, 0.29) is 23.5 Å². The van der Waals surface area contributed by atoms with Gasteiger partial charge in [-0.05, 0) is 31.0 Å². The first kappa shape index (κ1) is 19.0. The van der Waals surface area contributed by atoms with Crippen molar-refractivity contribution in [2.24, 2.45) is 0 Å². The topological polar surface area (TPSA) is 115 Å². The summed E-state index contributed by atoms with van der Waals surface area (Å²) in [6.45, 7) is 3.85. The lowest BCUT2D eigenvalue weighted by Crippen LogP contribution is -2.27. The number of nitrogens with zero attached hydrogens (tertiary/aromatic N) is 4. The van der Waals surface area contributed by atoms with Crippen molar-refractivity contribution in [3.8, 4) is 0 Å². The van der Waals surface area contributed by atoms with E-state index in [1.807, 2.05) is 13.0 Å². The molecule has 10 heteroatoms. The maximum atomic E-state index is 12.4. The fourth-order valence-corrected chi connectivity index (χ4v) is 2.71. The van der Waals surface area contributed by atoms with E-state index in [2.05, 4.69) is 25.6 Å². The third kappa shape index (κ3) is 4.69. The zero-order valence-corrected chi connectivity index (χ0v) is 15.5. The minimum atomic E-state index is -0.510. The predicted molar refractivity (Wildman–Crippen MR) is 99.7 cm³/mol. The van der Waals surface area contributed by atoms with Crippen molar-refractivity contribution in [1.29, 1.82) is 0 Å². The number of aryl methyl sites for hydroxylation is 1. The third-order valence-electron chi connectivity index (χ3n) is 3.79. The van der Waals surface area contributed by atoms with Crippen LogP contribution < -0.4 is 10.9 Å². The molecule has 0 fully saturated rings. The summed E-state index contributed by atoms with van der Waals surface area (Å²) in [5.74, 6) is -0.598. The first-order chi connectivity index (χ1) is 13.1. The summed E-state index contributed by atoms with van der Waals surface area (Å²) in [5, 5.41) is 11.1. The van der Waals surface area contributed by atoms with Gasteiger partial charge < -0.3 is 15.0 Å². The van der Waals surface area contributed by atoms with Crippen LogP contribution in [0.1, 0.15) is 29.5 Å². The van der Waals surface area contributed by atoms with Crippen LogP contribution in [0.5, 0.6) is 0 Å². The van der Waals surface area contributed by atoms with Crippen LogP contribution >= 0.6 is 11.6 Å². The second-order valence-electron chi connectivity index (χ2n) is 5.76. The Kier molecular flexibility index (Phi) is 6.15. The molecular formula is C17H19ClN6O3. The number of nitrogens with one attached hydrogen (secondary N) is 2. The zero-order chi connectivity index (χ0) is 19.2. The molecule has 0 aliphatic heterocycles. The van der Waals surface area contributed by atoms with Crippen molar-refractivity contribution in [2.45, 2.75) is 26.4 Å². The van der Waals surface area contributed by atoms with Gasteiger partial charge in [-0.15, -0.1) is 5.10 Å². The van der Waals surface area contributed by atoms with E-state index in [1.165, 1.54) is 4.68 Å². The average molecular weight is 391 g/mol. The molecule has 0 spiro atoms. The number of aromatic nitrogens is 5. The number of ether oxygens (including phenoxy) is 1. The average Bonchev–Trinajstić information content (AvgIpc) is 3.07. The fourth-order valence-electron chi connectivity index (χ4n) is 2.50. The van der Waals surface area contributed by atoms with Crippen LogP contribution in [0.25, 0.3) is 11.2 Å². The molecule has 9 nitrogen and oxygen atoms in total. The zero-order valence-electron chi connectivity index (χ0n) is 14.7. The van der Waals surface area contributed by atoms with Crippen LogP contribution in [0.3, 0.4) is 0 Å². The van der Waals surface area contributed by atoms with Crippen molar-refractivity contribution in [3.05, 3.63) is 51.0 Å². The normalized spacial score (nSPS) is 11.0. The standard InChI is InChI=1S/C17H19ClN6O3/c1-2-27-8-4-7-24-15-13(22-23-24)16(25)21-14(20-15)17(26)19-10-11-5-3-6-12(18)9-11/h3,5-6,9H,2,4,7-8,10H2,1H3,(H,19,26)(H,20,21,25). The van der Waals surface area contributed by atoms with Crippen LogP contribution in [0.15, 0.2) is 29.1 Å². The summed E-state index contributed by atoms with van der Waals surface area (Å²) < 4.78 is 6.79. The first-order valence-corrected chi connectivity index (χ1v) is 8.90. The number of carbonyl (C=O) groups is 1. The van der Waals surface area contributed by atoms with Gasteiger partial charge >= 0.3 is 0 Å². The lowest BCUT2D eigenvalue weighted by Gasteiger charge is -2.06. The van der Waals surface area contributed by atoms with E-state index in [0.29, 0.717) is 31.2 Å². The number of halogens is 1. The summed E-state index contributed by atoms with van der Waals surface area (Å²) in [5.41, 5.74) is 0.687. The fraction of sp³-hybridized carbons (Fsp3) is 0.353. The van der Waals surface area contributed by atoms with Gasteiger partial charge in [0, 0.05) is 31.3 Å². The SMILES string of the molecule is CCOCCCn1nnc2c(=O)[nH]c(C(=O)NCc3cccc(Cl)c3)nc21. The number of carbonyl (C=O) groups excluding carboxylic acids is 1. The van der Waals surface area contributed by atoms with E-state index >= 15 is 0 Å². The summed E-state index contributed by atoms with van der Waals surface area (Å²) in [6, 6.07) is 7.13. The van der Waals surface area contributed by atoms with Gasteiger partial charge in [0.1, 0.15) is 0 Å². The molecule has 1 amide bonds. The van der Waals surface area contributed by atoms with E-state index in [9.17, 15) is 9.59 Å². The lowest BCUT2D eigenvalue weighted by molar-refractivity contribution is 0.0940. The van der Waals surface area contributed by atoms with Crippen LogP contribution in [0, 0.1) is 0 Å². The number of rotatable bonds is 8. The van der Waals surface area contributed by atoms with Crippen molar-refractivity contribution >= 4 is 28.7 Å². The van der Waals surface area contributed by atoms with Gasteiger partial charge in [0.05, 0.1) is 0 Å². The molecule has 0 unspecified atom stereocenters. The smallest absolute Gasteiger partial charge is 0.287 e. The van der Waals surface area contributed by atoms with Crippen LogP contribution in [0.2, 0.25) is 5.02 Å². The van der Waals surface area contributed by atoms with Gasteiger partial charge in [0.2, 0.25) is 5.82 Å². The second-order valence-corrected chi connectivity index (χ2v) is 6.20. The molecule has 3 aromatic rings. The lowest BCUT2D eigenvalue weighted by atomic mass is 10.2. The Labute approximate surface area is 159 Å². The molecule has 0 saturated heterocycles. The molecule has 0 radical (unpaired) electrons. The quantitative estimate of drug-likeness (QED) is 0.563. The van der Waals surface area contributed by atoms with Crippen molar-refractivity contribution in [2.75, 3.05) is 13.2 Å². The summed E-state index contributed by atoms with van der Waals surface area (Å²) in [7, 11) is 0. The molecular weight excluding hydrogens is 372 g/mol. The molecule has 2 N–H and O–H groups in total. The Morgan fingerprint density at radius 1 is 1.41 bits per heavy atom. The molecule has 142 valence electrons. The summed E-state index contributed by atoms with van der Waals surface area (Å²) >= 11 is 5.93. The predicted octanol–water partition coefficient (Wildman–Crippen LogP) is 1.52. The summed E-state index contributed by atoms with van der Waals surface area (Å²) in [4.78, 5) is 31.2. The number of benzene rings is 1. The highest BCUT2D eigenvalue weighted by atomic mass is 35.5. The van der Waals surface area contributed by atoms with Crippen molar-refractivity contribution in [1.82, 2.24) is 30.3 Å². The molecule has 0 atom stereocenters. The minimum Gasteiger partial charge on any atom is -0.382 e. The van der Waals surface area contributed by atoms with Crippen LogP contribution in [-0.2, 0) is 17.8 Å². The Morgan fingerprint density at radius 2 is 2.26 bits per heavy atom. The third-order valence-corrected chi connectivity index (χ3v) is 4.03. The number of aromatic amines is 1. The van der Waals surface area contributed by atoms with E-state index < -0.39 is 11.5 Å². The van der Waals surface area contributed by atoms with Gasteiger partial charge in [0.15, 0.2) is 11.2 Å². The Hall–Kier alpha value is -2.78. The summed E-state index contributed by atoms with van der Waals surface area (Å²) in [6.07, 6.45) is 0.692. The molecule has 3 rings (SSSR count). The number of hydrogen-bond acceptors (Lipinski definition) is 6. The highest BCUT2D eigenvalue weighted by Gasteiger charge is 2.16. The van der Waals surface area contributed by atoms with E-state index in [1.54, 1.807) is 18.2 Å². The largest absolute Gasteiger partial charge is 0.382 e. The molecule has 0 bridgehead atoms. The molecule has 0 aliphatic carbocycles. The van der Waals surface area contributed by atoms with Gasteiger partial charge in [-0.1, -0.05) is 28.9 Å². The highest BCUT2D eigenvalue weighted by Crippen LogP contribution is 2.10.